The molecule has 2 aromatic carbocycles. The van der Waals surface area contributed by atoms with Crippen LogP contribution in [0.15, 0.2) is 52.9 Å². The van der Waals surface area contributed by atoms with E-state index in [2.05, 4.69) is 5.32 Å². The van der Waals surface area contributed by atoms with Crippen LogP contribution in [-0.4, -0.2) is 17.6 Å². The molecule has 0 unspecified atom stereocenters. The fourth-order valence-electron chi connectivity index (χ4n) is 2.80. The van der Waals surface area contributed by atoms with E-state index in [0.717, 1.165) is 22.1 Å². The Balaban J connectivity index is 1.64. The van der Waals surface area contributed by atoms with E-state index in [-0.39, 0.29) is 5.91 Å². The zero-order valence-corrected chi connectivity index (χ0v) is 13.9. The number of amides is 1. The van der Waals surface area contributed by atoms with Gasteiger partial charge in [-0.1, -0.05) is 42.0 Å². The minimum absolute atomic E-state index is 0.249. The van der Waals surface area contributed by atoms with Crippen LogP contribution >= 0.6 is 0 Å². The third-order valence-electron chi connectivity index (χ3n) is 4.19. The van der Waals surface area contributed by atoms with Crippen LogP contribution in [0.1, 0.15) is 39.8 Å². The molecule has 3 aromatic rings. The molecular weight excluding hydrogens is 302 g/mol. The van der Waals surface area contributed by atoms with Crippen LogP contribution in [0.2, 0.25) is 0 Å². The fourth-order valence-corrected chi connectivity index (χ4v) is 2.80. The average molecular weight is 323 g/mol. The van der Waals surface area contributed by atoms with Crippen molar-refractivity contribution in [3.8, 4) is 0 Å². The maximum absolute atomic E-state index is 12.4. The highest BCUT2D eigenvalue weighted by Crippen LogP contribution is 2.26. The number of nitrogens with one attached hydrogen (secondary N) is 1. The summed E-state index contributed by atoms with van der Waals surface area (Å²) in [5.41, 5.74) is 3.54. The largest absolute Gasteiger partial charge is 0.451 e. The summed E-state index contributed by atoms with van der Waals surface area (Å²) in [5.74, 6) is 0.0893. The Labute approximate surface area is 141 Å². The Bertz CT molecular complexity index is 852. The normalized spacial score (nSPS) is 12.3. The zero-order chi connectivity index (χ0) is 17.1. The van der Waals surface area contributed by atoms with E-state index in [1.807, 2.05) is 62.4 Å². The second-order valence-corrected chi connectivity index (χ2v) is 6.03. The summed E-state index contributed by atoms with van der Waals surface area (Å²) >= 11 is 0. The van der Waals surface area contributed by atoms with Gasteiger partial charge in [-0.3, -0.25) is 4.79 Å². The Hall–Kier alpha value is -2.59. The third-order valence-corrected chi connectivity index (χ3v) is 4.19. The van der Waals surface area contributed by atoms with E-state index in [1.165, 1.54) is 0 Å². The van der Waals surface area contributed by atoms with Crippen molar-refractivity contribution >= 4 is 16.9 Å². The maximum Gasteiger partial charge on any atom is 0.287 e. The molecular formula is C20H21NO3. The van der Waals surface area contributed by atoms with Gasteiger partial charge in [-0.25, -0.2) is 0 Å². The van der Waals surface area contributed by atoms with Crippen LogP contribution in [0.3, 0.4) is 0 Å². The summed E-state index contributed by atoms with van der Waals surface area (Å²) in [6.07, 6.45) is -0.139. The minimum Gasteiger partial charge on any atom is -0.451 e. The van der Waals surface area contributed by atoms with E-state index in [1.54, 1.807) is 0 Å². The first kappa shape index (κ1) is 16.3. The van der Waals surface area contributed by atoms with Gasteiger partial charge in [0.2, 0.25) is 0 Å². The summed E-state index contributed by atoms with van der Waals surface area (Å²) in [7, 11) is 0. The summed E-state index contributed by atoms with van der Waals surface area (Å²) in [5, 5.41) is 13.9. The lowest BCUT2D eigenvalue weighted by Gasteiger charge is -2.11. The summed E-state index contributed by atoms with van der Waals surface area (Å²) in [4.78, 5) is 12.4. The van der Waals surface area contributed by atoms with E-state index in [4.69, 9.17) is 4.42 Å². The SMILES string of the molecule is Cc1ccc2oc(C(=O)NCC[C@H](O)c3ccccc3)c(C)c2c1. The van der Waals surface area contributed by atoms with Crippen LogP contribution in [0, 0.1) is 13.8 Å². The zero-order valence-electron chi connectivity index (χ0n) is 13.9. The van der Waals surface area contributed by atoms with E-state index in [9.17, 15) is 9.90 Å². The van der Waals surface area contributed by atoms with Gasteiger partial charge < -0.3 is 14.8 Å². The van der Waals surface area contributed by atoms with E-state index < -0.39 is 6.10 Å². The molecule has 2 N–H and O–H groups in total. The first-order chi connectivity index (χ1) is 11.6. The van der Waals surface area contributed by atoms with Crippen LogP contribution in [0.5, 0.6) is 0 Å². The van der Waals surface area contributed by atoms with Crippen LogP contribution in [-0.2, 0) is 0 Å². The minimum atomic E-state index is -0.592. The van der Waals surface area contributed by atoms with Crippen LogP contribution in [0.4, 0.5) is 0 Å². The molecule has 24 heavy (non-hydrogen) atoms. The fraction of sp³-hybridized carbons (Fsp3) is 0.250. The molecule has 0 aliphatic rings. The van der Waals surface area contributed by atoms with Crippen molar-refractivity contribution in [1.82, 2.24) is 5.32 Å². The molecule has 0 saturated carbocycles. The molecule has 3 rings (SSSR count). The van der Waals surface area contributed by atoms with Gasteiger partial charge in [0.05, 0.1) is 6.10 Å². The molecule has 0 fully saturated rings. The molecule has 0 spiro atoms. The summed E-state index contributed by atoms with van der Waals surface area (Å²) < 4.78 is 5.68. The predicted molar refractivity (Wildman–Crippen MR) is 94.0 cm³/mol. The smallest absolute Gasteiger partial charge is 0.287 e. The lowest BCUT2D eigenvalue weighted by molar-refractivity contribution is 0.0916. The van der Waals surface area contributed by atoms with Gasteiger partial charge in [0.15, 0.2) is 5.76 Å². The number of fused-ring (bicyclic) bond motifs is 1. The number of carbonyl (C=O) groups is 1. The first-order valence-corrected chi connectivity index (χ1v) is 8.07. The van der Waals surface area contributed by atoms with Crippen molar-refractivity contribution in [2.45, 2.75) is 26.4 Å². The molecule has 1 atom stereocenters. The highest BCUT2D eigenvalue weighted by atomic mass is 16.3. The predicted octanol–water partition coefficient (Wildman–Crippen LogP) is 3.90. The monoisotopic (exact) mass is 323 g/mol. The van der Waals surface area contributed by atoms with Crippen LogP contribution < -0.4 is 5.32 Å². The molecule has 0 bridgehead atoms. The van der Waals surface area contributed by atoms with E-state index in [0.29, 0.717) is 24.3 Å². The lowest BCUT2D eigenvalue weighted by Crippen LogP contribution is -2.25. The second-order valence-electron chi connectivity index (χ2n) is 6.03. The van der Waals surface area contributed by atoms with Gasteiger partial charge in [0.25, 0.3) is 5.91 Å². The highest BCUT2D eigenvalue weighted by molar-refractivity contribution is 5.99. The van der Waals surface area contributed by atoms with Crippen molar-refractivity contribution in [2.75, 3.05) is 6.54 Å². The number of furan rings is 1. The first-order valence-electron chi connectivity index (χ1n) is 8.07. The molecule has 124 valence electrons. The molecule has 1 heterocycles. The molecule has 1 amide bonds. The Morgan fingerprint density at radius 1 is 1.17 bits per heavy atom. The van der Waals surface area contributed by atoms with Crippen molar-refractivity contribution in [2.24, 2.45) is 0 Å². The molecule has 1 aromatic heterocycles. The average Bonchev–Trinajstić information content (AvgIpc) is 2.92. The number of rotatable bonds is 5. The Morgan fingerprint density at radius 2 is 1.92 bits per heavy atom. The number of hydrogen-bond acceptors (Lipinski definition) is 3. The summed E-state index contributed by atoms with van der Waals surface area (Å²) in [6, 6.07) is 15.3. The standard InChI is InChI=1S/C20H21NO3/c1-13-8-9-18-16(12-13)14(2)19(24-18)20(23)21-11-10-17(22)15-6-4-3-5-7-15/h3-9,12,17,22H,10-11H2,1-2H3,(H,21,23)/t17-/m0/s1. The maximum atomic E-state index is 12.4. The highest BCUT2D eigenvalue weighted by Gasteiger charge is 2.17. The van der Waals surface area contributed by atoms with Gasteiger partial charge in [-0.2, -0.15) is 0 Å². The number of hydrogen-bond donors (Lipinski definition) is 2. The van der Waals surface area contributed by atoms with Gasteiger partial charge in [0, 0.05) is 17.5 Å². The number of benzene rings is 2. The molecule has 0 radical (unpaired) electrons. The molecule has 4 heteroatoms. The molecule has 0 aliphatic heterocycles. The van der Waals surface area contributed by atoms with Gasteiger partial charge in [-0.15, -0.1) is 0 Å². The number of carbonyl (C=O) groups excluding carboxylic acids is 1. The lowest BCUT2D eigenvalue weighted by atomic mass is 10.1. The molecule has 4 nitrogen and oxygen atoms in total. The van der Waals surface area contributed by atoms with Gasteiger partial charge >= 0.3 is 0 Å². The Kier molecular flexibility index (Phi) is 4.67. The van der Waals surface area contributed by atoms with Crippen LogP contribution in [0.25, 0.3) is 11.0 Å². The van der Waals surface area contributed by atoms with Crippen molar-refractivity contribution in [3.63, 3.8) is 0 Å². The van der Waals surface area contributed by atoms with Crippen molar-refractivity contribution in [3.05, 3.63) is 71.0 Å². The van der Waals surface area contributed by atoms with Gasteiger partial charge in [0.1, 0.15) is 5.58 Å². The quantitative estimate of drug-likeness (QED) is 0.748. The van der Waals surface area contributed by atoms with Crippen molar-refractivity contribution < 1.29 is 14.3 Å². The van der Waals surface area contributed by atoms with E-state index >= 15 is 0 Å². The number of aryl methyl sites for hydroxylation is 2. The molecule has 0 aliphatic carbocycles. The Morgan fingerprint density at radius 3 is 2.67 bits per heavy atom. The van der Waals surface area contributed by atoms with Crippen molar-refractivity contribution in [1.29, 1.82) is 0 Å². The topological polar surface area (TPSA) is 62.5 Å². The molecule has 0 saturated heterocycles. The third kappa shape index (κ3) is 3.34. The number of aliphatic hydroxyl groups is 1. The number of aliphatic hydroxyl groups excluding tert-OH is 1. The summed E-state index contributed by atoms with van der Waals surface area (Å²) in [6.45, 7) is 4.28. The second kappa shape index (κ2) is 6.89. The van der Waals surface area contributed by atoms with Gasteiger partial charge in [-0.05, 0) is 38.0 Å².